The Bertz CT molecular complexity index is 933. The Hall–Kier alpha value is -2.59. The molecule has 3 aromatic rings. The first-order valence-electron chi connectivity index (χ1n) is 8.48. The molecule has 0 fully saturated rings. The fraction of sp³-hybridized carbons (Fsp3) is 0.238. The van der Waals surface area contributed by atoms with Gasteiger partial charge in [0, 0.05) is 23.3 Å². The van der Waals surface area contributed by atoms with Crippen molar-refractivity contribution in [2.24, 2.45) is 0 Å². The van der Waals surface area contributed by atoms with Crippen LogP contribution in [0.15, 0.2) is 54.9 Å². The third kappa shape index (κ3) is 3.81. The third-order valence-electron chi connectivity index (χ3n) is 4.62. The van der Waals surface area contributed by atoms with Crippen molar-refractivity contribution < 1.29 is 9.53 Å². The van der Waals surface area contributed by atoms with Crippen LogP contribution in [0.5, 0.6) is 0 Å². The van der Waals surface area contributed by atoms with E-state index in [1.165, 1.54) is 15.7 Å². The maximum atomic E-state index is 12.5. The highest BCUT2D eigenvalue weighted by molar-refractivity contribution is 6.30. The number of aromatic nitrogens is 2. The fourth-order valence-electron chi connectivity index (χ4n) is 3.01. The maximum absolute atomic E-state index is 12.5. The van der Waals surface area contributed by atoms with E-state index in [4.69, 9.17) is 16.3 Å². The normalized spacial score (nSPS) is 12.0. The largest absolute Gasteiger partial charge is 0.444 e. The zero-order chi connectivity index (χ0) is 18.7. The lowest BCUT2D eigenvalue weighted by Crippen LogP contribution is -2.18. The van der Waals surface area contributed by atoms with Gasteiger partial charge >= 0.3 is 6.09 Å². The average Bonchev–Trinajstić information content (AvgIpc) is 3.11. The average molecular weight is 369 g/mol. The van der Waals surface area contributed by atoms with Crippen molar-refractivity contribution in [3.8, 4) is 0 Å². The van der Waals surface area contributed by atoms with Gasteiger partial charge in [0.1, 0.15) is 12.4 Å². The Morgan fingerprint density at radius 1 is 1.23 bits per heavy atom. The summed E-state index contributed by atoms with van der Waals surface area (Å²) < 4.78 is 6.90. The maximum Gasteiger partial charge on any atom is 0.419 e. The number of carbonyl (C=O) groups is 1. The minimum Gasteiger partial charge on any atom is -0.444 e. The van der Waals surface area contributed by atoms with Gasteiger partial charge in [0.05, 0.1) is 0 Å². The van der Waals surface area contributed by atoms with Gasteiger partial charge in [-0.15, -0.1) is 0 Å². The highest BCUT2D eigenvalue weighted by Gasteiger charge is 2.20. The minimum absolute atomic E-state index is 0.0244. The summed E-state index contributed by atoms with van der Waals surface area (Å²) in [4.78, 5) is 16.9. The summed E-state index contributed by atoms with van der Waals surface area (Å²) in [6, 6.07) is 13.4. The Morgan fingerprint density at radius 3 is 2.77 bits per heavy atom. The standard InChI is InChI=1S/C21H21ClN2O2/c1-14-6-4-9-19(15(14)2)16(3)20-23-10-11-24(20)21(25)26-13-17-7-5-8-18(22)12-17/h4-12,16H,13H2,1-3H3/t16-/m0/s1. The molecule has 5 heteroatoms. The number of ether oxygens (including phenoxy) is 1. The first kappa shape index (κ1) is 18.2. The van der Waals surface area contributed by atoms with Gasteiger partial charge in [-0.1, -0.05) is 48.9 Å². The first-order chi connectivity index (χ1) is 12.5. The number of hydrogen-bond acceptors (Lipinski definition) is 3. The lowest BCUT2D eigenvalue weighted by Gasteiger charge is -2.17. The second-order valence-corrected chi connectivity index (χ2v) is 6.79. The molecule has 134 valence electrons. The summed E-state index contributed by atoms with van der Waals surface area (Å²) in [5, 5.41) is 0.616. The molecule has 1 heterocycles. The van der Waals surface area contributed by atoms with Crippen LogP contribution in [0.1, 0.15) is 40.9 Å². The summed E-state index contributed by atoms with van der Waals surface area (Å²) in [5.41, 5.74) is 4.42. The molecule has 2 aromatic carbocycles. The molecule has 0 spiro atoms. The van der Waals surface area contributed by atoms with Crippen molar-refractivity contribution >= 4 is 17.7 Å². The van der Waals surface area contributed by atoms with Crippen molar-refractivity contribution in [1.82, 2.24) is 9.55 Å². The molecule has 3 rings (SSSR count). The van der Waals surface area contributed by atoms with Crippen LogP contribution in [0.3, 0.4) is 0 Å². The number of hydrogen-bond donors (Lipinski definition) is 0. The third-order valence-corrected chi connectivity index (χ3v) is 4.85. The zero-order valence-corrected chi connectivity index (χ0v) is 15.8. The molecule has 0 radical (unpaired) electrons. The predicted octanol–water partition coefficient (Wildman–Crippen LogP) is 5.49. The Morgan fingerprint density at radius 2 is 2.00 bits per heavy atom. The smallest absolute Gasteiger partial charge is 0.419 e. The van der Waals surface area contributed by atoms with Gasteiger partial charge in [-0.2, -0.15) is 0 Å². The summed E-state index contributed by atoms with van der Waals surface area (Å²) in [7, 11) is 0. The number of benzene rings is 2. The van der Waals surface area contributed by atoms with Crippen LogP contribution in [-0.4, -0.2) is 15.6 Å². The zero-order valence-electron chi connectivity index (χ0n) is 15.1. The van der Waals surface area contributed by atoms with Crippen LogP contribution < -0.4 is 0 Å². The molecule has 26 heavy (non-hydrogen) atoms. The van der Waals surface area contributed by atoms with Gasteiger partial charge < -0.3 is 4.74 Å². The second-order valence-electron chi connectivity index (χ2n) is 6.35. The molecule has 0 saturated heterocycles. The summed E-state index contributed by atoms with van der Waals surface area (Å²) in [6.45, 7) is 6.38. The predicted molar refractivity (Wildman–Crippen MR) is 103 cm³/mol. The molecule has 4 nitrogen and oxygen atoms in total. The SMILES string of the molecule is Cc1cccc([C@H](C)c2nccn2C(=O)OCc2cccc(Cl)c2)c1C. The van der Waals surface area contributed by atoms with Crippen molar-refractivity contribution in [2.45, 2.75) is 33.3 Å². The lowest BCUT2D eigenvalue weighted by atomic mass is 9.93. The molecule has 1 atom stereocenters. The highest BCUT2D eigenvalue weighted by atomic mass is 35.5. The number of halogens is 1. The van der Waals surface area contributed by atoms with E-state index in [0.717, 1.165) is 11.1 Å². The lowest BCUT2D eigenvalue weighted by molar-refractivity contribution is 0.140. The van der Waals surface area contributed by atoms with E-state index in [2.05, 4.69) is 31.0 Å². The van der Waals surface area contributed by atoms with Crippen LogP contribution in [0.25, 0.3) is 0 Å². The van der Waals surface area contributed by atoms with Crippen LogP contribution in [0.2, 0.25) is 5.02 Å². The number of nitrogens with zero attached hydrogens (tertiary/aromatic N) is 2. The van der Waals surface area contributed by atoms with Gasteiger partial charge in [0.15, 0.2) is 0 Å². The summed E-state index contributed by atoms with van der Waals surface area (Å²) in [6.07, 6.45) is 2.81. The highest BCUT2D eigenvalue weighted by Crippen LogP contribution is 2.27. The Balaban J connectivity index is 1.79. The fourth-order valence-corrected chi connectivity index (χ4v) is 3.23. The Labute approximate surface area is 158 Å². The molecule has 0 amide bonds. The van der Waals surface area contributed by atoms with E-state index in [1.54, 1.807) is 24.5 Å². The van der Waals surface area contributed by atoms with Crippen LogP contribution in [-0.2, 0) is 11.3 Å². The second kappa shape index (κ2) is 7.75. The van der Waals surface area contributed by atoms with Gasteiger partial charge in [-0.25, -0.2) is 14.3 Å². The Kier molecular flexibility index (Phi) is 5.43. The number of imidazole rings is 1. The molecule has 0 bridgehead atoms. The van der Waals surface area contributed by atoms with E-state index in [0.29, 0.717) is 10.8 Å². The van der Waals surface area contributed by atoms with E-state index in [-0.39, 0.29) is 12.5 Å². The number of rotatable bonds is 4. The monoisotopic (exact) mass is 368 g/mol. The molecular formula is C21H21ClN2O2. The molecule has 0 aliphatic heterocycles. The number of aryl methyl sites for hydroxylation is 1. The molecule has 0 aliphatic carbocycles. The molecular weight excluding hydrogens is 348 g/mol. The van der Waals surface area contributed by atoms with Gasteiger partial charge in [-0.05, 0) is 48.2 Å². The van der Waals surface area contributed by atoms with Crippen molar-refractivity contribution in [3.05, 3.63) is 88.0 Å². The van der Waals surface area contributed by atoms with E-state index >= 15 is 0 Å². The van der Waals surface area contributed by atoms with E-state index < -0.39 is 6.09 Å². The van der Waals surface area contributed by atoms with E-state index in [1.807, 2.05) is 25.1 Å². The summed E-state index contributed by atoms with van der Waals surface area (Å²) >= 11 is 5.97. The van der Waals surface area contributed by atoms with Crippen molar-refractivity contribution in [2.75, 3.05) is 0 Å². The minimum atomic E-state index is -0.449. The molecule has 0 N–H and O–H groups in total. The van der Waals surface area contributed by atoms with Gasteiger partial charge in [-0.3, -0.25) is 0 Å². The van der Waals surface area contributed by atoms with Crippen LogP contribution in [0.4, 0.5) is 4.79 Å². The van der Waals surface area contributed by atoms with Crippen molar-refractivity contribution in [3.63, 3.8) is 0 Å². The first-order valence-corrected chi connectivity index (χ1v) is 8.86. The summed E-state index contributed by atoms with van der Waals surface area (Å²) in [5.74, 6) is 0.637. The van der Waals surface area contributed by atoms with Crippen LogP contribution in [0, 0.1) is 13.8 Å². The quantitative estimate of drug-likeness (QED) is 0.611. The van der Waals surface area contributed by atoms with E-state index in [9.17, 15) is 4.79 Å². The molecule has 0 aliphatic rings. The van der Waals surface area contributed by atoms with Crippen molar-refractivity contribution in [1.29, 1.82) is 0 Å². The molecule has 0 unspecified atom stereocenters. The van der Waals surface area contributed by atoms with Crippen LogP contribution >= 0.6 is 11.6 Å². The number of carbonyl (C=O) groups excluding carboxylic acids is 1. The molecule has 1 aromatic heterocycles. The topological polar surface area (TPSA) is 44.1 Å². The molecule has 0 saturated carbocycles. The van der Waals surface area contributed by atoms with Gasteiger partial charge in [0.25, 0.3) is 0 Å². The van der Waals surface area contributed by atoms with Gasteiger partial charge in [0.2, 0.25) is 0 Å².